The van der Waals surface area contributed by atoms with Crippen LogP contribution in [0.4, 0.5) is 0 Å². The zero-order chi connectivity index (χ0) is 29.5. The molecule has 0 aromatic heterocycles. The first kappa shape index (κ1) is 31.4. The molecule has 0 spiro atoms. The minimum Gasteiger partial charge on any atom is -0.409 e. The molecule has 0 unspecified atom stereocenters. The summed E-state index contributed by atoms with van der Waals surface area (Å²) in [7, 11) is -2.19. The molecule has 4 nitrogen and oxygen atoms in total. The highest BCUT2D eigenvalue weighted by atomic mass is 28.4. The van der Waals surface area contributed by atoms with Crippen molar-refractivity contribution in [1.82, 2.24) is 5.32 Å². The van der Waals surface area contributed by atoms with Gasteiger partial charge in [-0.2, -0.15) is 0 Å². The van der Waals surface area contributed by atoms with Crippen molar-refractivity contribution in [2.45, 2.75) is 95.7 Å². The van der Waals surface area contributed by atoms with Crippen LogP contribution < -0.4 is 5.32 Å². The van der Waals surface area contributed by atoms with Crippen LogP contribution in [-0.2, 0) is 13.9 Å². The van der Waals surface area contributed by atoms with Gasteiger partial charge in [0.1, 0.15) is 6.10 Å². The zero-order valence-corrected chi connectivity index (χ0v) is 27.0. The predicted octanol–water partition coefficient (Wildman–Crippen LogP) is 8.77. The van der Waals surface area contributed by atoms with Gasteiger partial charge in [0, 0.05) is 0 Å². The Kier molecular flexibility index (Phi) is 10.4. The van der Waals surface area contributed by atoms with Crippen LogP contribution in [0, 0.1) is 0 Å². The first-order valence-corrected chi connectivity index (χ1v) is 18.1. The highest BCUT2D eigenvalue weighted by Crippen LogP contribution is 2.41. The molecule has 0 bridgehead atoms. The van der Waals surface area contributed by atoms with Gasteiger partial charge in [-0.1, -0.05) is 138 Å². The minimum atomic E-state index is -2.19. The van der Waals surface area contributed by atoms with Crippen molar-refractivity contribution >= 4 is 14.4 Å². The van der Waals surface area contributed by atoms with Gasteiger partial charge >= 0.3 is 0 Å². The van der Waals surface area contributed by atoms with E-state index in [0.717, 1.165) is 18.4 Å². The summed E-state index contributed by atoms with van der Waals surface area (Å²) >= 11 is 0. The van der Waals surface area contributed by atoms with E-state index in [-0.39, 0.29) is 29.3 Å². The second kappa shape index (κ2) is 13.6. The highest BCUT2D eigenvalue weighted by molar-refractivity contribution is 6.74. The Hall–Kier alpha value is -2.54. The van der Waals surface area contributed by atoms with Crippen molar-refractivity contribution in [2.75, 3.05) is 6.61 Å². The standard InChI is InChI=1S/C36H49NO3Si/c1-8-36(9-2)38-27-32(39-36)34(40-41(6,7)35(3,4)5)31(26-25-28-19-13-10-14-20-28)37-33(29-21-15-11-16-22-29)30-23-17-12-18-24-30/h10-26,31-34,37H,8-9,27H2,1-7H3/b26-25+/t31-,32+,34-/m0/s1. The predicted molar refractivity (Wildman–Crippen MR) is 173 cm³/mol. The summed E-state index contributed by atoms with van der Waals surface area (Å²) < 4.78 is 20.5. The molecule has 1 aliphatic heterocycles. The van der Waals surface area contributed by atoms with Gasteiger partial charge in [-0.05, 0) is 47.7 Å². The SMILES string of the molecule is CCC1(CC)OC[C@H]([C@@H](O[Si](C)(C)C(C)(C)C)[C@H](/C=C/c2ccccc2)NC(c2ccccc2)c2ccccc2)O1. The fourth-order valence-electron chi connectivity index (χ4n) is 5.17. The Morgan fingerprint density at radius 2 is 1.39 bits per heavy atom. The zero-order valence-electron chi connectivity index (χ0n) is 26.0. The third-order valence-electron chi connectivity index (χ3n) is 8.83. The minimum absolute atomic E-state index is 0.0298. The molecule has 1 aliphatic rings. The number of ether oxygens (including phenoxy) is 2. The largest absolute Gasteiger partial charge is 0.409 e. The van der Waals surface area contributed by atoms with Crippen molar-refractivity contribution in [3.05, 3.63) is 114 Å². The van der Waals surface area contributed by atoms with E-state index < -0.39 is 14.1 Å². The van der Waals surface area contributed by atoms with Gasteiger partial charge in [0.25, 0.3) is 0 Å². The van der Waals surface area contributed by atoms with Gasteiger partial charge < -0.3 is 13.9 Å². The quantitative estimate of drug-likeness (QED) is 0.221. The van der Waals surface area contributed by atoms with Crippen molar-refractivity contribution < 1.29 is 13.9 Å². The fraction of sp³-hybridized carbons (Fsp3) is 0.444. The average molecular weight is 572 g/mol. The second-order valence-electron chi connectivity index (χ2n) is 12.6. The third-order valence-corrected chi connectivity index (χ3v) is 13.3. The van der Waals surface area contributed by atoms with E-state index in [1.165, 1.54) is 11.1 Å². The lowest BCUT2D eigenvalue weighted by molar-refractivity contribution is -0.181. The van der Waals surface area contributed by atoms with Crippen LogP contribution in [0.25, 0.3) is 6.08 Å². The lowest BCUT2D eigenvalue weighted by Gasteiger charge is -2.43. The van der Waals surface area contributed by atoms with Crippen LogP contribution in [0.15, 0.2) is 97.1 Å². The molecular weight excluding hydrogens is 522 g/mol. The van der Waals surface area contributed by atoms with Crippen LogP contribution in [0.1, 0.15) is 70.2 Å². The Morgan fingerprint density at radius 1 is 0.878 bits per heavy atom. The molecule has 0 amide bonds. The fourth-order valence-corrected chi connectivity index (χ4v) is 6.50. The normalized spacial score (nSPS) is 19.1. The molecule has 1 heterocycles. The Balaban J connectivity index is 1.80. The van der Waals surface area contributed by atoms with E-state index in [9.17, 15) is 0 Å². The summed E-state index contributed by atoms with van der Waals surface area (Å²) in [6, 6.07) is 31.7. The second-order valence-corrected chi connectivity index (χ2v) is 17.4. The van der Waals surface area contributed by atoms with Crippen LogP contribution in [-0.4, -0.2) is 39.0 Å². The molecule has 1 fully saturated rings. The van der Waals surface area contributed by atoms with E-state index in [1.807, 2.05) is 0 Å². The first-order valence-electron chi connectivity index (χ1n) is 15.2. The summed E-state index contributed by atoms with van der Waals surface area (Å²) in [5.41, 5.74) is 3.58. The number of benzene rings is 3. The maximum Gasteiger partial charge on any atom is 0.192 e. The molecule has 3 atom stereocenters. The van der Waals surface area contributed by atoms with Crippen molar-refractivity contribution in [2.24, 2.45) is 0 Å². The topological polar surface area (TPSA) is 39.7 Å². The number of rotatable bonds is 12. The average Bonchev–Trinajstić information content (AvgIpc) is 3.42. The summed E-state index contributed by atoms with van der Waals surface area (Å²) in [5, 5.41) is 4.09. The Bertz CT molecular complexity index is 1180. The van der Waals surface area contributed by atoms with Gasteiger partial charge in [0.2, 0.25) is 0 Å². The Morgan fingerprint density at radius 3 is 1.85 bits per heavy atom. The van der Waals surface area contributed by atoms with Crippen LogP contribution >= 0.6 is 0 Å². The molecule has 220 valence electrons. The van der Waals surface area contributed by atoms with Crippen molar-refractivity contribution in [3.63, 3.8) is 0 Å². The molecular formula is C36H49NO3Si. The summed E-state index contributed by atoms with van der Waals surface area (Å²) in [4.78, 5) is 0. The Labute approximate surface area is 249 Å². The number of hydrogen-bond donors (Lipinski definition) is 1. The maximum absolute atomic E-state index is 7.31. The third kappa shape index (κ3) is 7.85. The highest BCUT2D eigenvalue weighted by Gasteiger charge is 2.48. The molecule has 0 radical (unpaired) electrons. The van der Waals surface area contributed by atoms with Crippen molar-refractivity contribution in [3.8, 4) is 0 Å². The molecule has 41 heavy (non-hydrogen) atoms. The smallest absolute Gasteiger partial charge is 0.192 e. The van der Waals surface area contributed by atoms with Gasteiger partial charge in [-0.3, -0.25) is 5.32 Å². The number of nitrogens with one attached hydrogen (secondary N) is 1. The van der Waals surface area contributed by atoms with Crippen LogP contribution in [0.3, 0.4) is 0 Å². The van der Waals surface area contributed by atoms with E-state index in [2.05, 4.69) is 156 Å². The number of hydrogen-bond acceptors (Lipinski definition) is 4. The summed E-state index contributed by atoms with van der Waals surface area (Å²) in [5.74, 6) is -0.564. The summed E-state index contributed by atoms with van der Waals surface area (Å²) in [6.07, 6.45) is 5.64. The molecule has 5 heteroatoms. The molecule has 0 saturated carbocycles. The molecule has 1 saturated heterocycles. The van der Waals surface area contributed by atoms with Crippen molar-refractivity contribution in [1.29, 1.82) is 0 Å². The monoisotopic (exact) mass is 571 g/mol. The molecule has 3 aromatic carbocycles. The lowest BCUT2D eigenvalue weighted by Crippen LogP contribution is -2.55. The van der Waals surface area contributed by atoms with E-state index in [0.29, 0.717) is 6.61 Å². The van der Waals surface area contributed by atoms with Gasteiger partial charge in [0.15, 0.2) is 14.1 Å². The van der Waals surface area contributed by atoms with Gasteiger partial charge in [-0.25, -0.2) is 0 Å². The molecule has 3 aromatic rings. The van der Waals surface area contributed by atoms with Gasteiger partial charge in [0.05, 0.1) is 24.8 Å². The lowest BCUT2D eigenvalue weighted by atomic mass is 9.95. The molecule has 4 rings (SSSR count). The van der Waals surface area contributed by atoms with Gasteiger partial charge in [-0.15, -0.1) is 0 Å². The first-order chi connectivity index (χ1) is 19.6. The van der Waals surface area contributed by atoms with Crippen LogP contribution in [0.5, 0.6) is 0 Å². The molecule has 1 N–H and O–H groups in total. The van der Waals surface area contributed by atoms with E-state index >= 15 is 0 Å². The molecule has 0 aliphatic carbocycles. The van der Waals surface area contributed by atoms with Crippen LogP contribution in [0.2, 0.25) is 18.1 Å². The summed E-state index contributed by atoms with van der Waals surface area (Å²) in [6.45, 7) is 16.3. The van der Waals surface area contributed by atoms with E-state index in [1.54, 1.807) is 0 Å². The van der Waals surface area contributed by atoms with E-state index in [4.69, 9.17) is 13.9 Å². The maximum atomic E-state index is 7.31.